The van der Waals surface area contributed by atoms with Gasteiger partial charge in [0.1, 0.15) is 5.01 Å². The van der Waals surface area contributed by atoms with Gasteiger partial charge in [-0.15, -0.1) is 0 Å². The fourth-order valence-corrected chi connectivity index (χ4v) is 3.59. The Labute approximate surface area is 149 Å². The molecule has 0 fully saturated rings. The lowest BCUT2D eigenvalue weighted by Gasteiger charge is -2.13. The third kappa shape index (κ3) is 2.88. The van der Waals surface area contributed by atoms with Gasteiger partial charge >= 0.3 is 0 Å². The number of anilines is 1. The predicted octanol–water partition coefficient (Wildman–Crippen LogP) is 2.97. The Bertz CT molecular complexity index is 1000. The first-order valence-corrected chi connectivity index (χ1v) is 8.73. The SMILES string of the molecule is CN(C)c1cccc(-c2cnc3sc(C(N)c4ccncc4)nn23)c1. The fraction of sp³-hybridized carbons (Fsp3) is 0.167. The zero-order valence-corrected chi connectivity index (χ0v) is 14.8. The average molecular weight is 350 g/mol. The van der Waals surface area contributed by atoms with Crippen molar-refractivity contribution in [2.24, 2.45) is 5.73 Å². The molecule has 1 atom stereocenters. The lowest BCUT2D eigenvalue weighted by atomic mass is 10.1. The minimum absolute atomic E-state index is 0.282. The van der Waals surface area contributed by atoms with Crippen molar-refractivity contribution in [2.45, 2.75) is 6.04 Å². The maximum absolute atomic E-state index is 6.36. The van der Waals surface area contributed by atoms with Gasteiger partial charge in [-0.2, -0.15) is 5.10 Å². The second-order valence-electron chi connectivity index (χ2n) is 5.98. The topological polar surface area (TPSA) is 72.3 Å². The maximum atomic E-state index is 6.36. The number of pyridine rings is 1. The van der Waals surface area contributed by atoms with Crippen LogP contribution in [0.5, 0.6) is 0 Å². The Morgan fingerprint density at radius 2 is 1.96 bits per heavy atom. The molecule has 0 aliphatic rings. The zero-order chi connectivity index (χ0) is 17.4. The van der Waals surface area contributed by atoms with E-state index in [-0.39, 0.29) is 6.04 Å². The van der Waals surface area contributed by atoms with E-state index in [1.54, 1.807) is 12.4 Å². The molecule has 25 heavy (non-hydrogen) atoms. The lowest BCUT2D eigenvalue weighted by molar-refractivity contribution is 0.807. The molecule has 4 aromatic rings. The van der Waals surface area contributed by atoms with Crippen molar-refractivity contribution in [1.82, 2.24) is 19.6 Å². The van der Waals surface area contributed by atoms with E-state index in [4.69, 9.17) is 10.8 Å². The van der Waals surface area contributed by atoms with Gasteiger partial charge in [0.15, 0.2) is 0 Å². The normalized spacial score (nSPS) is 12.4. The van der Waals surface area contributed by atoms with E-state index < -0.39 is 0 Å². The summed E-state index contributed by atoms with van der Waals surface area (Å²) in [4.78, 5) is 11.5. The van der Waals surface area contributed by atoms with Crippen LogP contribution in [-0.2, 0) is 0 Å². The van der Waals surface area contributed by atoms with Gasteiger partial charge in [0.2, 0.25) is 4.96 Å². The third-order valence-electron chi connectivity index (χ3n) is 4.09. The molecule has 0 spiro atoms. The van der Waals surface area contributed by atoms with E-state index in [0.29, 0.717) is 0 Å². The molecule has 4 rings (SSSR count). The molecular weight excluding hydrogens is 332 g/mol. The molecule has 3 aromatic heterocycles. The van der Waals surface area contributed by atoms with Crippen LogP contribution < -0.4 is 10.6 Å². The summed E-state index contributed by atoms with van der Waals surface area (Å²) in [7, 11) is 4.06. The summed E-state index contributed by atoms with van der Waals surface area (Å²) in [6.45, 7) is 0. The number of hydrogen-bond acceptors (Lipinski definition) is 6. The molecule has 3 heterocycles. The van der Waals surface area contributed by atoms with Gasteiger partial charge in [-0.05, 0) is 29.8 Å². The minimum Gasteiger partial charge on any atom is -0.378 e. The van der Waals surface area contributed by atoms with Gasteiger partial charge in [-0.3, -0.25) is 4.98 Å². The Balaban J connectivity index is 1.75. The first-order valence-electron chi connectivity index (χ1n) is 7.91. The monoisotopic (exact) mass is 350 g/mol. The molecule has 0 radical (unpaired) electrons. The number of aromatic nitrogens is 4. The molecule has 0 bridgehead atoms. The summed E-state index contributed by atoms with van der Waals surface area (Å²) in [5.74, 6) is 0. The highest BCUT2D eigenvalue weighted by atomic mass is 32.1. The van der Waals surface area contributed by atoms with Crippen LogP contribution in [0.1, 0.15) is 16.6 Å². The summed E-state index contributed by atoms with van der Waals surface area (Å²) in [5.41, 5.74) is 10.5. The van der Waals surface area contributed by atoms with Crippen molar-refractivity contribution >= 4 is 22.0 Å². The Hall–Kier alpha value is -2.77. The molecule has 0 saturated carbocycles. The van der Waals surface area contributed by atoms with Gasteiger partial charge in [0.25, 0.3) is 0 Å². The molecule has 0 aliphatic heterocycles. The molecule has 1 aromatic carbocycles. The van der Waals surface area contributed by atoms with Gasteiger partial charge in [0.05, 0.1) is 17.9 Å². The van der Waals surface area contributed by atoms with Crippen LogP contribution in [0.4, 0.5) is 5.69 Å². The number of nitrogens with zero attached hydrogens (tertiary/aromatic N) is 5. The highest BCUT2D eigenvalue weighted by Crippen LogP contribution is 2.29. The Morgan fingerprint density at radius 3 is 2.72 bits per heavy atom. The fourth-order valence-electron chi connectivity index (χ4n) is 2.69. The van der Waals surface area contributed by atoms with Gasteiger partial charge in [-0.25, -0.2) is 9.50 Å². The number of nitrogens with two attached hydrogens (primary N) is 1. The lowest BCUT2D eigenvalue weighted by Crippen LogP contribution is -2.12. The van der Waals surface area contributed by atoms with Crippen molar-refractivity contribution in [2.75, 3.05) is 19.0 Å². The molecule has 2 N–H and O–H groups in total. The number of rotatable bonds is 4. The standard InChI is InChI=1S/C18H18N6S/c1-23(2)14-5-3-4-13(10-14)15-11-21-18-24(15)22-17(25-18)16(19)12-6-8-20-9-7-12/h3-11,16H,19H2,1-2H3. The van der Waals surface area contributed by atoms with E-state index in [2.05, 4.69) is 33.1 Å². The average Bonchev–Trinajstić information content (AvgIpc) is 3.22. The van der Waals surface area contributed by atoms with E-state index in [9.17, 15) is 0 Å². The quantitative estimate of drug-likeness (QED) is 0.613. The van der Waals surface area contributed by atoms with Gasteiger partial charge in [-0.1, -0.05) is 23.5 Å². The maximum Gasteiger partial charge on any atom is 0.212 e. The number of imidazole rings is 1. The van der Waals surface area contributed by atoms with Crippen LogP contribution in [0.15, 0.2) is 55.0 Å². The minimum atomic E-state index is -0.282. The van der Waals surface area contributed by atoms with Crippen LogP contribution in [-0.4, -0.2) is 33.7 Å². The van der Waals surface area contributed by atoms with Crippen molar-refractivity contribution in [3.63, 3.8) is 0 Å². The first kappa shape index (κ1) is 15.7. The van der Waals surface area contributed by atoms with E-state index in [1.165, 1.54) is 11.3 Å². The smallest absolute Gasteiger partial charge is 0.212 e. The number of benzene rings is 1. The Morgan fingerprint density at radius 1 is 1.16 bits per heavy atom. The highest BCUT2D eigenvalue weighted by Gasteiger charge is 2.17. The first-order chi connectivity index (χ1) is 12.1. The third-order valence-corrected chi connectivity index (χ3v) is 5.10. The predicted molar refractivity (Wildman–Crippen MR) is 101 cm³/mol. The second-order valence-corrected chi connectivity index (χ2v) is 6.97. The van der Waals surface area contributed by atoms with Gasteiger partial charge < -0.3 is 10.6 Å². The van der Waals surface area contributed by atoms with Crippen molar-refractivity contribution < 1.29 is 0 Å². The number of fused-ring (bicyclic) bond motifs is 1. The summed E-state index contributed by atoms with van der Waals surface area (Å²) in [6, 6.07) is 11.9. The zero-order valence-electron chi connectivity index (χ0n) is 14.0. The van der Waals surface area contributed by atoms with Crippen LogP contribution >= 0.6 is 11.3 Å². The molecule has 0 aliphatic carbocycles. The molecule has 0 amide bonds. The Kier molecular flexibility index (Phi) is 3.95. The van der Waals surface area contributed by atoms with Crippen LogP contribution in [0, 0.1) is 0 Å². The molecule has 0 saturated heterocycles. The van der Waals surface area contributed by atoms with E-state index in [0.717, 1.165) is 32.5 Å². The van der Waals surface area contributed by atoms with Crippen molar-refractivity contribution in [1.29, 1.82) is 0 Å². The molecule has 1 unspecified atom stereocenters. The van der Waals surface area contributed by atoms with E-state index >= 15 is 0 Å². The molecule has 6 nitrogen and oxygen atoms in total. The second kappa shape index (κ2) is 6.27. The summed E-state index contributed by atoms with van der Waals surface area (Å²) >= 11 is 1.51. The molecule has 7 heteroatoms. The highest BCUT2D eigenvalue weighted by molar-refractivity contribution is 7.16. The van der Waals surface area contributed by atoms with Crippen molar-refractivity contribution in [3.8, 4) is 11.3 Å². The molecule has 126 valence electrons. The summed E-state index contributed by atoms with van der Waals surface area (Å²) in [5, 5.41) is 5.55. The van der Waals surface area contributed by atoms with Crippen LogP contribution in [0.3, 0.4) is 0 Å². The summed E-state index contributed by atoms with van der Waals surface area (Å²) < 4.78 is 1.87. The molecular formula is C18H18N6S. The van der Waals surface area contributed by atoms with Crippen LogP contribution in [0.2, 0.25) is 0 Å². The van der Waals surface area contributed by atoms with Gasteiger partial charge in [0, 0.05) is 37.7 Å². The van der Waals surface area contributed by atoms with E-state index in [1.807, 2.05) is 43.0 Å². The van der Waals surface area contributed by atoms with Crippen molar-refractivity contribution in [3.05, 3.63) is 65.6 Å². The summed E-state index contributed by atoms with van der Waals surface area (Å²) in [6.07, 6.45) is 5.34. The number of hydrogen-bond donors (Lipinski definition) is 1. The largest absolute Gasteiger partial charge is 0.378 e. The van der Waals surface area contributed by atoms with Crippen LogP contribution in [0.25, 0.3) is 16.2 Å².